The second kappa shape index (κ2) is 5.31. The largest absolute Gasteiger partial charge is 0.381 e. The highest BCUT2D eigenvalue weighted by molar-refractivity contribution is 5.47. The number of rotatable bonds is 2. The summed E-state index contributed by atoms with van der Waals surface area (Å²) >= 11 is 0. The first-order valence-corrected chi connectivity index (χ1v) is 7.09. The van der Waals surface area contributed by atoms with Gasteiger partial charge in [0, 0.05) is 17.8 Å². The fourth-order valence-electron chi connectivity index (χ4n) is 2.62. The highest BCUT2D eigenvalue weighted by Gasteiger charge is 2.21. The smallest absolute Gasteiger partial charge is 0.0412 e. The van der Waals surface area contributed by atoms with Crippen molar-refractivity contribution in [2.24, 2.45) is 5.73 Å². The van der Waals surface area contributed by atoms with Crippen LogP contribution in [0, 0.1) is 0 Å². The van der Waals surface area contributed by atoms with Crippen molar-refractivity contribution in [3.05, 3.63) is 29.8 Å². The summed E-state index contributed by atoms with van der Waals surface area (Å²) in [5.74, 6) is 0. The van der Waals surface area contributed by atoms with Crippen LogP contribution >= 0.6 is 0 Å². The third-order valence-corrected chi connectivity index (χ3v) is 3.92. The highest BCUT2D eigenvalue weighted by atomic mass is 15.0. The Bertz CT molecular complexity index is 375. The first kappa shape index (κ1) is 13.4. The standard InChI is InChI=1S/C16H26N2/c1-16(2,3)12-8-10-13(11-9-12)18-15-7-5-4-6-14(15)17/h8-11,14-15,18H,4-7,17H2,1-3H3/t14-,15+/m1/s1. The van der Waals surface area contributed by atoms with Crippen molar-refractivity contribution < 1.29 is 0 Å². The van der Waals surface area contributed by atoms with E-state index >= 15 is 0 Å². The van der Waals surface area contributed by atoms with E-state index in [9.17, 15) is 0 Å². The van der Waals surface area contributed by atoms with Crippen molar-refractivity contribution in [2.75, 3.05) is 5.32 Å². The second-order valence-corrected chi connectivity index (χ2v) is 6.53. The monoisotopic (exact) mass is 246 g/mol. The molecule has 2 atom stereocenters. The molecule has 18 heavy (non-hydrogen) atoms. The van der Waals surface area contributed by atoms with Crippen molar-refractivity contribution in [1.29, 1.82) is 0 Å². The van der Waals surface area contributed by atoms with E-state index < -0.39 is 0 Å². The molecule has 0 radical (unpaired) electrons. The number of nitrogens with two attached hydrogens (primary N) is 1. The molecule has 0 aliphatic heterocycles. The van der Waals surface area contributed by atoms with Crippen LogP contribution in [0.3, 0.4) is 0 Å². The number of hydrogen-bond acceptors (Lipinski definition) is 2. The van der Waals surface area contributed by atoms with E-state index in [-0.39, 0.29) is 5.41 Å². The molecule has 1 aliphatic rings. The fourth-order valence-corrected chi connectivity index (χ4v) is 2.62. The Balaban J connectivity index is 2.02. The number of hydrogen-bond donors (Lipinski definition) is 2. The molecule has 0 bridgehead atoms. The van der Waals surface area contributed by atoms with E-state index in [1.165, 1.54) is 30.5 Å². The molecule has 3 N–H and O–H groups in total. The average Bonchev–Trinajstić information content (AvgIpc) is 2.32. The van der Waals surface area contributed by atoms with Gasteiger partial charge in [-0.15, -0.1) is 0 Å². The number of nitrogens with one attached hydrogen (secondary N) is 1. The van der Waals surface area contributed by atoms with Gasteiger partial charge in [0.2, 0.25) is 0 Å². The molecule has 1 fully saturated rings. The Morgan fingerprint density at radius 2 is 1.67 bits per heavy atom. The molecule has 100 valence electrons. The van der Waals surface area contributed by atoms with Gasteiger partial charge in [0.15, 0.2) is 0 Å². The molecule has 1 saturated carbocycles. The highest BCUT2D eigenvalue weighted by Crippen LogP contribution is 2.25. The lowest BCUT2D eigenvalue weighted by Crippen LogP contribution is -2.42. The van der Waals surface area contributed by atoms with Crippen molar-refractivity contribution >= 4 is 5.69 Å². The Morgan fingerprint density at radius 3 is 2.22 bits per heavy atom. The predicted molar refractivity (Wildman–Crippen MR) is 79.0 cm³/mol. The van der Waals surface area contributed by atoms with Gasteiger partial charge in [-0.05, 0) is 36.0 Å². The summed E-state index contributed by atoms with van der Waals surface area (Å²) in [5, 5.41) is 3.58. The minimum absolute atomic E-state index is 0.222. The van der Waals surface area contributed by atoms with Gasteiger partial charge in [-0.2, -0.15) is 0 Å². The summed E-state index contributed by atoms with van der Waals surface area (Å²) in [5.41, 5.74) is 8.96. The summed E-state index contributed by atoms with van der Waals surface area (Å²) in [4.78, 5) is 0. The Morgan fingerprint density at radius 1 is 1.06 bits per heavy atom. The predicted octanol–water partition coefficient (Wildman–Crippen LogP) is 3.67. The minimum atomic E-state index is 0.222. The maximum Gasteiger partial charge on any atom is 0.0412 e. The summed E-state index contributed by atoms with van der Waals surface area (Å²) < 4.78 is 0. The van der Waals surface area contributed by atoms with Crippen LogP contribution in [0.15, 0.2) is 24.3 Å². The molecule has 0 unspecified atom stereocenters. The molecular weight excluding hydrogens is 220 g/mol. The zero-order chi connectivity index (χ0) is 13.2. The molecule has 0 aromatic heterocycles. The maximum absolute atomic E-state index is 6.16. The van der Waals surface area contributed by atoms with E-state index in [2.05, 4.69) is 50.4 Å². The molecule has 2 nitrogen and oxygen atoms in total. The van der Waals surface area contributed by atoms with Gasteiger partial charge in [-0.25, -0.2) is 0 Å². The first-order chi connectivity index (χ1) is 8.47. The second-order valence-electron chi connectivity index (χ2n) is 6.53. The lowest BCUT2D eigenvalue weighted by Gasteiger charge is -2.30. The van der Waals surface area contributed by atoms with E-state index in [0.29, 0.717) is 12.1 Å². The van der Waals surface area contributed by atoms with Gasteiger partial charge in [0.1, 0.15) is 0 Å². The lowest BCUT2D eigenvalue weighted by atomic mass is 9.87. The number of benzene rings is 1. The summed E-state index contributed by atoms with van der Waals surface area (Å²) in [6.45, 7) is 6.73. The Labute approximate surface area is 111 Å². The van der Waals surface area contributed by atoms with E-state index in [1.54, 1.807) is 0 Å². The molecule has 0 heterocycles. The molecule has 1 aromatic rings. The van der Waals surface area contributed by atoms with Crippen molar-refractivity contribution in [2.45, 2.75) is 64.0 Å². The molecule has 2 heteroatoms. The van der Waals surface area contributed by atoms with E-state index in [4.69, 9.17) is 5.73 Å². The third kappa shape index (κ3) is 3.26. The van der Waals surface area contributed by atoms with Crippen LogP contribution in [-0.2, 0) is 5.41 Å². The van der Waals surface area contributed by atoms with E-state index in [0.717, 1.165) is 6.42 Å². The molecule has 1 aliphatic carbocycles. The van der Waals surface area contributed by atoms with Crippen LogP contribution in [0.4, 0.5) is 5.69 Å². The summed E-state index contributed by atoms with van der Waals surface area (Å²) in [7, 11) is 0. The van der Waals surface area contributed by atoms with Crippen LogP contribution in [0.2, 0.25) is 0 Å². The van der Waals surface area contributed by atoms with Gasteiger partial charge in [0.05, 0.1) is 0 Å². The average molecular weight is 246 g/mol. The van der Waals surface area contributed by atoms with Crippen LogP contribution in [0.1, 0.15) is 52.0 Å². The minimum Gasteiger partial charge on any atom is -0.381 e. The van der Waals surface area contributed by atoms with Crippen LogP contribution in [-0.4, -0.2) is 12.1 Å². The summed E-state index contributed by atoms with van der Waals surface area (Å²) in [6.07, 6.45) is 4.92. The Hall–Kier alpha value is -1.02. The van der Waals surface area contributed by atoms with Gasteiger partial charge < -0.3 is 11.1 Å². The normalized spacial score (nSPS) is 24.9. The quantitative estimate of drug-likeness (QED) is 0.835. The van der Waals surface area contributed by atoms with E-state index in [1.807, 2.05) is 0 Å². The molecule has 1 aromatic carbocycles. The molecule has 0 amide bonds. The zero-order valence-electron chi connectivity index (χ0n) is 11.9. The molecule has 2 rings (SSSR count). The fraction of sp³-hybridized carbons (Fsp3) is 0.625. The Kier molecular flexibility index (Phi) is 3.96. The van der Waals surface area contributed by atoms with Gasteiger partial charge >= 0.3 is 0 Å². The van der Waals surface area contributed by atoms with Crippen LogP contribution in [0.25, 0.3) is 0 Å². The summed E-state index contributed by atoms with van der Waals surface area (Å²) in [6, 6.07) is 9.55. The lowest BCUT2D eigenvalue weighted by molar-refractivity contribution is 0.404. The van der Waals surface area contributed by atoms with Crippen molar-refractivity contribution in [3.63, 3.8) is 0 Å². The SMILES string of the molecule is CC(C)(C)c1ccc(N[C@H]2CCCC[C@H]2N)cc1. The molecule has 0 spiro atoms. The van der Waals surface area contributed by atoms with Crippen LogP contribution in [0.5, 0.6) is 0 Å². The first-order valence-electron chi connectivity index (χ1n) is 7.09. The van der Waals surface area contributed by atoms with Crippen molar-refractivity contribution in [3.8, 4) is 0 Å². The maximum atomic E-state index is 6.16. The number of anilines is 1. The van der Waals surface area contributed by atoms with Gasteiger partial charge in [-0.3, -0.25) is 0 Å². The zero-order valence-corrected chi connectivity index (χ0v) is 11.9. The topological polar surface area (TPSA) is 38.0 Å². The van der Waals surface area contributed by atoms with Crippen molar-refractivity contribution in [1.82, 2.24) is 0 Å². The van der Waals surface area contributed by atoms with Gasteiger partial charge in [0.25, 0.3) is 0 Å². The van der Waals surface area contributed by atoms with Crippen LogP contribution < -0.4 is 11.1 Å². The third-order valence-electron chi connectivity index (χ3n) is 3.92. The molecule has 0 saturated heterocycles. The van der Waals surface area contributed by atoms with Gasteiger partial charge in [-0.1, -0.05) is 45.7 Å². The molecular formula is C16H26N2.